The number of halogens is 1. The lowest BCUT2D eigenvalue weighted by Gasteiger charge is -1.99. The minimum Gasteiger partial charge on any atom is -0.235 e. The fraction of sp³-hybridized carbons (Fsp3) is 0.429. The summed E-state index contributed by atoms with van der Waals surface area (Å²) in [5.41, 5.74) is 0.843. The van der Waals surface area contributed by atoms with E-state index in [1.54, 1.807) is 20.8 Å². The molecule has 0 aromatic carbocycles. The van der Waals surface area contributed by atoms with E-state index in [9.17, 15) is 4.39 Å². The van der Waals surface area contributed by atoms with Gasteiger partial charge in [-0.05, 0) is 20.8 Å². The molecule has 0 aliphatic rings. The van der Waals surface area contributed by atoms with Crippen LogP contribution in [0.25, 0.3) is 0 Å². The molecule has 1 aromatic rings. The summed E-state index contributed by atoms with van der Waals surface area (Å²) < 4.78 is 12.8. The highest BCUT2D eigenvalue weighted by Crippen LogP contribution is 2.05. The van der Waals surface area contributed by atoms with Crippen molar-refractivity contribution >= 4 is 0 Å². The average molecular weight is 140 g/mol. The average Bonchev–Trinajstić information content (AvgIpc) is 1.82. The van der Waals surface area contributed by atoms with Gasteiger partial charge in [0.05, 0.1) is 11.4 Å². The first-order valence-corrected chi connectivity index (χ1v) is 3.08. The monoisotopic (exact) mass is 140 g/mol. The van der Waals surface area contributed by atoms with E-state index in [2.05, 4.69) is 9.97 Å². The van der Waals surface area contributed by atoms with Crippen molar-refractivity contribution in [2.75, 3.05) is 0 Å². The maximum Gasteiger partial charge on any atom is 0.165 e. The van der Waals surface area contributed by atoms with Gasteiger partial charge in [-0.2, -0.15) is 0 Å². The van der Waals surface area contributed by atoms with Crippen molar-refractivity contribution < 1.29 is 4.39 Å². The molecule has 0 unspecified atom stereocenters. The normalized spacial score (nSPS) is 10.0. The minimum atomic E-state index is -0.300. The van der Waals surface area contributed by atoms with E-state index in [0.29, 0.717) is 17.2 Å². The zero-order valence-electron chi connectivity index (χ0n) is 6.27. The zero-order valence-corrected chi connectivity index (χ0v) is 6.27. The maximum atomic E-state index is 12.8. The summed E-state index contributed by atoms with van der Waals surface area (Å²) in [5, 5.41) is 0. The molecule has 0 saturated carbocycles. The highest BCUT2D eigenvalue weighted by molar-refractivity contribution is 5.10. The fourth-order valence-corrected chi connectivity index (χ4v) is 0.870. The van der Waals surface area contributed by atoms with Crippen LogP contribution in [-0.4, -0.2) is 9.97 Å². The number of rotatable bonds is 0. The Morgan fingerprint density at radius 3 is 1.80 bits per heavy atom. The van der Waals surface area contributed by atoms with Gasteiger partial charge in [0.15, 0.2) is 5.82 Å². The van der Waals surface area contributed by atoms with Gasteiger partial charge in [0.25, 0.3) is 0 Å². The van der Waals surface area contributed by atoms with Crippen LogP contribution in [0.4, 0.5) is 4.39 Å². The van der Waals surface area contributed by atoms with Crippen molar-refractivity contribution in [1.29, 1.82) is 0 Å². The van der Waals surface area contributed by atoms with E-state index in [-0.39, 0.29) is 5.82 Å². The summed E-state index contributed by atoms with van der Waals surface area (Å²) in [5.74, 6) is 0.321. The van der Waals surface area contributed by atoms with Gasteiger partial charge in [0.1, 0.15) is 5.82 Å². The molecule has 0 spiro atoms. The third kappa shape index (κ3) is 1.12. The maximum absolute atomic E-state index is 12.8. The van der Waals surface area contributed by atoms with Crippen LogP contribution >= 0.6 is 0 Å². The number of hydrogen-bond acceptors (Lipinski definition) is 2. The Kier molecular flexibility index (Phi) is 1.66. The summed E-state index contributed by atoms with van der Waals surface area (Å²) in [6.45, 7) is 5.02. The van der Waals surface area contributed by atoms with Crippen LogP contribution in [0.1, 0.15) is 17.2 Å². The highest BCUT2D eigenvalue weighted by atomic mass is 19.1. The Morgan fingerprint density at radius 1 is 1.00 bits per heavy atom. The van der Waals surface area contributed by atoms with E-state index in [0.717, 1.165) is 0 Å². The molecule has 0 fully saturated rings. The molecule has 54 valence electrons. The van der Waals surface area contributed by atoms with Gasteiger partial charge in [0.2, 0.25) is 0 Å². The molecule has 1 rings (SSSR count). The molecule has 0 N–H and O–H groups in total. The first kappa shape index (κ1) is 7.12. The van der Waals surface area contributed by atoms with E-state index in [1.807, 2.05) is 0 Å². The van der Waals surface area contributed by atoms with Gasteiger partial charge in [-0.15, -0.1) is 0 Å². The molecule has 0 saturated heterocycles. The third-order valence-electron chi connectivity index (χ3n) is 1.29. The molecular formula is C7H9FN2. The molecule has 0 radical (unpaired) electrons. The SMILES string of the molecule is Cc1nc(C)c(F)c(C)n1. The van der Waals surface area contributed by atoms with E-state index in [1.165, 1.54) is 0 Å². The largest absolute Gasteiger partial charge is 0.235 e. The van der Waals surface area contributed by atoms with Crippen LogP contribution in [0.2, 0.25) is 0 Å². The first-order chi connectivity index (χ1) is 4.61. The Hall–Kier alpha value is -0.990. The minimum absolute atomic E-state index is 0.300. The Labute approximate surface area is 59.1 Å². The molecular weight excluding hydrogens is 131 g/mol. The molecule has 1 heterocycles. The summed E-state index contributed by atoms with van der Waals surface area (Å²) in [6, 6.07) is 0. The second kappa shape index (κ2) is 2.33. The van der Waals surface area contributed by atoms with E-state index in [4.69, 9.17) is 0 Å². The number of aromatic nitrogens is 2. The molecule has 1 aromatic heterocycles. The Bertz CT molecular complexity index is 235. The highest BCUT2D eigenvalue weighted by Gasteiger charge is 2.03. The standard InChI is InChI=1S/C7H9FN2/c1-4-7(8)5(2)10-6(3)9-4/h1-3H3. The smallest absolute Gasteiger partial charge is 0.165 e. The summed E-state index contributed by atoms with van der Waals surface area (Å²) in [6.07, 6.45) is 0. The van der Waals surface area contributed by atoms with Crippen molar-refractivity contribution in [3.8, 4) is 0 Å². The lowest BCUT2D eigenvalue weighted by Crippen LogP contribution is -1.98. The van der Waals surface area contributed by atoms with Gasteiger partial charge >= 0.3 is 0 Å². The summed E-state index contributed by atoms with van der Waals surface area (Å²) in [7, 11) is 0. The van der Waals surface area contributed by atoms with Gasteiger partial charge < -0.3 is 0 Å². The lowest BCUT2D eigenvalue weighted by atomic mass is 10.3. The van der Waals surface area contributed by atoms with Crippen LogP contribution in [0.15, 0.2) is 0 Å². The summed E-state index contributed by atoms with van der Waals surface area (Å²) in [4.78, 5) is 7.70. The lowest BCUT2D eigenvalue weighted by molar-refractivity contribution is 0.586. The second-order valence-corrected chi connectivity index (χ2v) is 2.26. The van der Waals surface area contributed by atoms with Crippen molar-refractivity contribution in [3.63, 3.8) is 0 Å². The predicted molar refractivity (Wildman–Crippen MR) is 36.2 cm³/mol. The van der Waals surface area contributed by atoms with Gasteiger partial charge in [0, 0.05) is 0 Å². The van der Waals surface area contributed by atoms with Crippen LogP contribution in [0.3, 0.4) is 0 Å². The van der Waals surface area contributed by atoms with E-state index >= 15 is 0 Å². The van der Waals surface area contributed by atoms with Crippen molar-refractivity contribution in [2.24, 2.45) is 0 Å². The number of hydrogen-bond donors (Lipinski definition) is 0. The molecule has 0 atom stereocenters. The second-order valence-electron chi connectivity index (χ2n) is 2.26. The van der Waals surface area contributed by atoms with Crippen LogP contribution in [0, 0.1) is 26.6 Å². The number of aryl methyl sites for hydroxylation is 3. The van der Waals surface area contributed by atoms with Crippen LogP contribution in [0.5, 0.6) is 0 Å². The van der Waals surface area contributed by atoms with Gasteiger partial charge in [-0.3, -0.25) is 0 Å². The molecule has 2 nitrogen and oxygen atoms in total. The van der Waals surface area contributed by atoms with Crippen molar-refractivity contribution in [1.82, 2.24) is 9.97 Å². The Morgan fingerprint density at radius 2 is 1.40 bits per heavy atom. The molecule has 0 aliphatic carbocycles. The van der Waals surface area contributed by atoms with Crippen LogP contribution in [-0.2, 0) is 0 Å². The number of nitrogens with zero attached hydrogens (tertiary/aromatic N) is 2. The van der Waals surface area contributed by atoms with Crippen molar-refractivity contribution in [2.45, 2.75) is 20.8 Å². The van der Waals surface area contributed by atoms with Gasteiger partial charge in [-0.25, -0.2) is 14.4 Å². The quantitative estimate of drug-likeness (QED) is 0.546. The molecule has 0 aliphatic heterocycles. The zero-order chi connectivity index (χ0) is 7.72. The van der Waals surface area contributed by atoms with Crippen LogP contribution < -0.4 is 0 Å². The molecule has 10 heavy (non-hydrogen) atoms. The topological polar surface area (TPSA) is 25.8 Å². The predicted octanol–water partition coefficient (Wildman–Crippen LogP) is 1.54. The molecule has 3 heteroatoms. The fourth-order valence-electron chi connectivity index (χ4n) is 0.870. The Balaban J connectivity index is 3.31. The van der Waals surface area contributed by atoms with Crippen molar-refractivity contribution in [3.05, 3.63) is 23.0 Å². The van der Waals surface area contributed by atoms with E-state index < -0.39 is 0 Å². The molecule has 0 bridgehead atoms. The third-order valence-corrected chi connectivity index (χ3v) is 1.29. The van der Waals surface area contributed by atoms with Gasteiger partial charge in [-0.1, -0.05) is 0 Å². The first-order valence-electron chi connectivity index (χ1n) is 3.08. The summed E-state index contributed by atoms with van der Waals surface area (Å²) >= 11 is 0. The molecule has 0 amide bonds.